The van der Waals surface area contributed by atoms with Crippen molar-refractivity contribution in [3.05, 3.63) is 0 Å². The summed E-state index contributed by atoms with van der Waals surface area (Å²) in [6.45, 7) is 4.45. The molecule has 0 aromatic carbocycles. The van der Waals surface area contributed by atoms with Crippen LogP contribution in [0.25, 0.3) is 0 Å². The second-order valence-corrected chi connectivity index (χ2v) is 6.66. The van der Waals surface area contributed by atoms with Gasteiger partial charge in [0.2, 0.25) is 11.8 Å². The Kier molecular flexibility index (Phi) is 16.3. The fourth-order valence-corrected chi connectivity index (χ4v) is 2.44. The monoisotopic (exact) mass is 385 g/mol. The summed E-state index contributed by atoms with van der Waals surface area (Å²) in [6.07, 6.45) is 6.62. The van der Waals surface area contributed by atoms with Crippen LogP contribution in [0, 0.1) is 0 Å². The highest BCUT2D eigenvalue weighted by atomic mass is 16.2. The van der Waals surface area contributed by atoms with E-state index in [0.717, 1.165) is 58.0 Å². The van der Waals surface area contributed by atoms with E-state index in [0.29, 0.717) is 26.2 Å². The van der Waals surface area contributed by atoms with E-state index in [1.54, 1.807) is 11.9 Å². The number of nitrogens with one attached hydrogen (secondary N) is 2. The average Bonchev–Trinajstić information content (AvgIpc) is 2.62. The van der Waals surface area contributed by atoms with E-state index >= 15 is 0 Å². The zero-order chi connectivity index (χ0) is 20.3. The lowest BCUT2D eigenvalue weighted by molar-refractivity contribution is -0.135. The van der Waals surface area contributed by atoms with E-state index in [4.69, 9.17) is 17.2 Å². The molecular formula is C18H39N7O2. The second kappa shape index (κ2) is 17.5. The van der Waals surface area contributed by atoms with Crippen LogP contribution in [-0.4, -0.2) is 69.0 Å². The van der Waals surface area contributed by atoms with Gasteiger partial charge in [-0.1, -0.05) is 12.8 Å². The second-order valence-electron chi connectivity index (χ2n) is 6.66. The van der Waals surface area contributed by atoms with Gasteiger partial charge in [0, 0.05) is 26.7 Å². The highest BCUT2D eigenvalue weighted by Gasteiger charge is 2.13. The molecule has 0 rings (SSSR count). The zero-order valence-electron chi connectivity index (χ0n) is 16.8. The number of amides is 2. The molecule has 0 saturated carbocycles. The summed E-state index contributed by atoms with van der Waals surface area (Å²) in [5.41, 5.74) is 15.9. The Morgan fingerprint density at radius 2 is 1.59 bits per heavy atom. The van der Waals surface area contributed by atoms with Crippen LogP contribution in [0.4, 0.5) is 0 Å². The lowest BCUT2D eigenvalue weighted by Gasteiger charge is -2.17. The average molecular weight is 386 g/mol. The van der Waals surface area contributed by atoms with Gasteiger partial charge >= 0.3 is 0 Å². The highest BCUT2D eigenvalue weighted by Crippen LogP contribution is 2.00. The number of rotatable bonds is 17. The molecular weight excluding hydrogens is 346 g/mol. The molecule has 0 aromatic heterocycles. The van der Waals surface area contributed by atoms with Gasteiger partial charge in [0.05, 0.1) is 0 Å². The van der Waals surface area contributed by atoms with Gasteiger partial charge in [-0.15, -0.1) is 0 Å². The van der Waals surface area contributed by atoms with Crippen LogP contribution in [0.1, 0.15) is 51.4 Å². The summed E-state index contributed by atoms with van der Waals surface area (Å²) in [5, 5.41) is 6.11. The smallest absolute Gasteiger partial charge is 0.231 e. The van der Waals surface area contributed by atoms with Crippen molar-refractivity contribution >= 4 is 17.8 Å². The highest BCUT2D eigenvalue weighted by molar-refractivity contribution is 5.96. The predicted molar refractivity (Wildman–Crippen MR) is 110 cm³/mol. The number of guanidine groups is 1. The molecule has 0 unspecified atom stereocenters. The molecule has 0 fully saturated rings. The lowest BCUT2D eigenvalue weighted by Crippen LogP contribution is -2.34. The molecule has 158 valence electrons. The Bertz CT molecular complexity index is 426. The first-order valence-electron chi connectivity index (χ1n) is 9.94. The van der Waals surface area contributed by atoms with Crippen LogP contribution in [0.5, 0.6) is 0 Å². The SMILES string of the molecule is CN(CCCCNCCCN)C(=O)CC(=O)NCCCCCCN=C(N)N. The van der Waals surface area contributed by atoms with Gasteiger partial charge in [0.15, 0.2) is 5.96 Å². The van der Waals surface area contributed by atoms with Crippen molar-refractivity contribution in [2.24, 2.45) is 22.2 Å². The third kappa shape index (κ3) is 17.3. The third-order valence-corrected chi connectivity index (χ3v) is 4.09. The van der Waals surface area contributed by atoms with E-state index in [1.165, 1.54) is 0 Å². The van der Waals surface area contributed by atoms with Gasteiger partial charge < -0.3 is 32.7 Å². The lowest BCUT2D eigenvalue weighted by atomic mass is 10.2. The third-order valence-electron chi connectivity index (χ3n) is 4.09. The molecule has 2 amide bonds. The maximum Gasteiger partial charge on any atom is 0.231 e. The fourth-order valence-electron chi connectivity index (χ4n) is 2.44. The van der Waals surface area contributed by atoms with E-state index < -0.39 is 0 Å². The van der Waals surface area contributed by atoms with Crippen molar-refractivity contribution in [2.45, 2.75) is 51.4 Å². The van der Waals surface area contributed by atoms with Gasteiger partial charge in [-0.05, 0) is 51.7 Å². The number of nitrogens with zero attached hydrogens (tertiary/aromatic N) is 2. The molecule has 0 saturated heterocycles. The van der Waals surface area contributed by atoms with Crippen LogP contribution >= 0.6 is 0 Å². The fraction of sp³-hybridized carbons (Fsp3) is 0.833. The first-order chi connectivity index (χ1) is 13.0. The molecule has 0 atom stereocenters. The molecule has 0 aliphatic rings. The van der Waals surface area contributed by atoms with Gasteiger partial charge in [0.1, 0.15) is 6.42 Å². The van der Waals surface area contributed by atoms with Crippen LogP contribution in [0.15, 0.2) is 4.99 Å². The van der Waals surface area contributed by atoms with Gasteiger partial charge in [-0.25, -0.2) is 0 Å². The predicted octanol–water partition coefficient (Wildman–Crippen LogP) is -0.496. The molecule has 8 N–H and O–H groups in total. The number of unbranched alkanes of at least 4 members (excludes halogenated alkanes) is 4. The van der Waals surface area contributed by atoms with Crippen molar-refractivity contribution in [3.63, 3.8) is 0 Å². The number of carbonyl (C=O) groups excluding carboxylic acids is 2. The van der Waals surface area contributed by atoms with Gasteiger partial charge in [0.25, 0.3) is 0 Å². The van der Waals surface area contributed by atoms with Gasteiger partial charge in [-0.3, -0.25) is 14.6 Å². The van der Waals surface area contributed by atoms with Crippen molar-refractivity contribution < 1.29 is 9.59 Å². The Labute approximate surface area is 163 Å². The van der Waals surface area contributed by atoms with E-state index in [-0.39, 0.29) is 24.2 Å². The summed E-state index contributed by atoms with van der Waals surface area (Å²) in [6, 6.07) is 0. The Balaban J connectivity index is 3.59. The minimum atomic E-state index is -0.212. The first-order valence-corrected chi connectivity index (χ1v) is 9.94. The van der Waals surface area contributed by atoms with Gasteiger partial charge in [-0.2, -0.15) is 0 Å². The zero-order valence-corrected chi connectivity index (χ0v) is 16.8. The molecule has 0 radical (unpaired) electrons. The van der Waals surface area contributed by atoms with E-state index in [9.17, 15) is 9.59 Å². The molecule has 0 heterocycles. The number of hydrogen-bond donors (Lipinski definition) is 5. The molecule has 0 aliphatic carbocycles. The normalized spacial score (nSPS) is 10.4. The number of aliphatic imine (C=N–C) groups is 1. The molecule has 0 bridgehead atoms. The van der Waals surface area contributed by atoms with Crippen LogP contribution in [0.2, 0.25) is 0 Å². The van der Waals surface area contributed by atoms with Crippen LogP contribution in [-0.2, 0) is 9.59 Å². The standard InChI is InChI=1S/C18H39N7O2/c1-25(14-7-6-10-22-11-8-9-19)17(27)15-16(26)23-12-4-2-3-5-13-24-18(20)21/h22H,2-15,19H2,1H3,(H,23,26)(H4,20,21,24). The van der Waals surface area contributed by atoms with Crippen molar-refractivity contribution in [2.75, 3.05) is 46.3 Å². The molecule has 0 aliphatic heterocycles. The van der Waals surface area contributed by atoms with Crippen molar-refractivity contribution in [1.29, 1.82) is 0 Å². The number of hydrogen-bond acceptors (Lipinski definition) is 5. The van der Waals surface area contributed by atoms with Crippen molar-refractivity contribution in [1.82, 2.24) is 15.5 Å². The summed E-state index contributed by atoms with van der Waals surface area (Å²) >= 11 is 0. The maximum absolute atomic E-state index is 12.0. The minimum absolute atomic E-state index is 0.0876. The minimum Gasteiger partial charge on any atom is -0.370 e. The van der Waals surface area contributed by atoms with E-state index in [1.807, 2.05) is 0 Å². The largest absolute Gasteiger partial charge is 0.370 e. The summed E-state index contributed by atoms with van der Waals surface area (Å²) < 4.78 is 0. The molecule has 9 heteroatoms. The van der Waals surface area contributed by atoms with Crippen LogP contribution in [0.3, 0.4) is 0 Å². The molecule has 9 nitrogen and oxygen atoms in total. The van der Waals surface area contributed by atoms with Crippen LogP contribution < -0.4 is 27.8 Å². The summed E-state index contributed by atoms with van der Waals surface area (Å²) in [4.78, 5) is 29.4. The topological polar surface area (TPSA) is 152 Å². The molecule has 0 spiro atoms. The first kappa shape index (κ1) is 25.1. The molecule has 27 heavy (non-hydrogen) atoms. The summed E-state index contributed by atoms with van der Waals surface area (Å²) in [5.74, 6) is -0.229. The van der Waals surface area contributed by atoms with E-state index in [2.05, 4.69) is 15.6 Å². The number of nitrogens with two attached hydrogens (primary N) is 3. The Hall–Kier alpha value is -1.87. The maximum atomic E-state index is 12.0. The quantitative estimate of drug-likeness (QED) is 0.0985. The molecule has 0 aromatic rings. The summed E-state index contributed by atoms with van der Waals surface area (Å²) in [7, 11) is 1.74. The Morgan fingerprint density at radius 3 is 2.30 bits per heavy atom. The van der Waals surface area contributed by atoms with Crippen molar-refractivity contribution in [3.8, 4) is 0 Å². The number of carbonyl (C=O) groups is 2. The Morgan fingerprint density at radius 1 is 0.926 bits per heavy atom.